The Labute approximate surface area is 330 Å². The summed E-state index contributed by atoms with van der Waals surface area (Å²) in [5.41, 5.74) is 25.1. The van der Waals surface area contributed by atoms with Gasteiger partial charge < -0.3 is 4.42 Å². The maximum absolute atomic E-state index is 6.71. The lowest BCUT2D eigenvalue weighted by atomic mass is 9.30. The highest BCUT2D eigenvalue weighted by Gasteiger charge is 2.45. The zero-order valence-electron chi connectivity index (χ0n) is 32.6. The zero-order chi connectivity index (χ0) is 38.0. The van der Waals surface area contributed by atoms with Gasteiger partial charge in [0.1, 0.15) is 22.5 Å². The van der Waals surface area contributed by atoms with Gasteiger partial charge in [0.15, 0.2) is 0 Å². The standard InChI is InChI=1S/C51H37B2N3O/c1-28-24-37-49-38(25-28)53(46-31(4)16-13-17-32(46)5)48-35-20-7-10-22-40(35)55-42-27-44-36(33-18-8-11-23-43(33)57-44)26-41(42)54-39-21-9-6-19-34(39)47(50(54)56(49)51(48)55)52(37)45-29(2)14-12-15-30(45)3/h6-27H,1-5H3. The highest BCUT2D eigenvalue weighted by molar-refractivity contribution is 7.03. The molecule has 0 N–H and O–H groups in total. The molecule has 0 amide bonds. The monoisotopic (exact) mass is 729 g/mol. The number of hydrogen-bond donors (Lipinski definition) is 0. The summed E-state index contributed by atoms with van der Waals surface area (Å²) in [6, 6.07) is 50.1. The molecule has 6 heteroatoms. The molecule has 6 heterocycles. The highest BCUT2D eigenvalue weighted by Crippen LogP contribution is 2.38. The van der Waals surface area contributed by atoms with Gasteiger partial charge in [0.25, 0.3) is 0 Å². The van der Waals surface area contributed by atoms with Crippen LogP contribution in [0.2, 0.25) is 0 Å². The molecule has 0 fully saturated rings. The molecule has 0 saturated carbocycles. The van der Waals surface area contributed by atoms with Crippen LogP contribution in [-0.2, 0) is 0 Å². The van der Waals surface area contributed by atoms with E-state index >= 15 is 0 Å². The minimum absolute atomic E-state index is 0.0201. The molecule has 2 aliphatic heterocycles. The number of fused-ring (bicyclic) bond motifs is 12. The summed E-state index contributed by atoms with van der Waals surface area (Å²) in [5, 5.41) is 4.84. The second-order valence-electron chi connectivity index (χ2n) is 16.7. The van der Waals surface area contributed by atoms with Crippen molar-refractivity contribution in [2.45, 2.75) is 34.6 Å². The molecule has 2 aliphatic rings. The summed E-state index contributed by atoms with van der Waals surface area (Å²) in [5.74, 6) is 0. The normalized spacial score (nSPS) is 13.3. The predicted molar refractivity (Wildman–Crippen MR) is 242 cm³/mol. The van der Waals surface area contributed by atoms with Crippen LogP contribution in [0, 0.1) is 34.6 Å². The largest absolute Gasteiger partial charge is 0.456 e. The van der Waals surface area contributed by atoms with Gasteiger partial charge in [0.2, 0.25) is 13.4 Å². The Morgan fingerprint density at radius 1 is 0.404 bits per heavy atom. The van der Waals surface area contributed by atoms with Crippen LogP contribution in [0.3, 0.4) is 0 Å². The molecule has 57 heavy (non-hydrogen) atoms. The molecular formula is C51H37B2N3O. The van der Waals surface area contributed by atoms with E-state index in [4.69, 9.17) is 4.42 Å². The number of nitrogens with zero attached hydrogens (tertiary/aromatic N) is 3. The van der Waals surface area contributed by atoms with Gasteiger partial charge in [-0.2, -0.15) is 0 Å². The zero-order valence-corrected chi connectivity index (χ0v) is 32.6. The van der Waals surface area contributed by atoms with Crippen LogP contribution in [0.4, 0.5) is 0 Å². The molecule has 0 bridgehead atoms. The van der Waals surface area contributed by atoms with Crippen molar-refractivity contribution >= 4 is 112 Å². The molecule has 13 rings (SSSR count). The molecule has 11 aromatic rings. The van der Waals surface area contributed by atoms with Crippen LogP contribution in [0.15, 0.2) is 138 Å². The summed E-state index contributed by atoms with van der Waals surface area (Å²) in [4.78, 5) is 0. The van der Waals surface area contributed by atoms with Crippen LogP contribution in [0.25, 0.3) is 71.8 Å². The van der Waals surface area contributed by atoms with Gasteiger partial charge in [-0.1, -0.05) is 142 Å². The van der Waals surface area contributed by atoms with Gasteiger partial charge in [-0.15, -0.1) is 0 Å². The van der Waals surface area contributed by atoms with E-state index in [2.05, 4.69) is 181 Å². The molecule has 4 aromatic heterocycles. The molecule has 4 nitrogen and oxygen atoms in total. The smallest absolute Gasteiger partial charge is 0.250 e. The molecule has 0 spiro atoms. The van der Waals surface area contributed by atoms with Crippen molar-refractivity contribution in [1.82, 2.24) is 13.4 Å². The first-order valence-corrected chi connectivity index (χ1v) is 20.2. The third-order valence-corrected chi connectivity index (χ3v) is 13.6. The first kappa shape index (κ1) is 31.5. The molecule has 0 atom stereocenters. The molecule has 268 valence electrons. The minimum Gasteiger partial charge on any atom is -0.456 e. The first-order chi connectivity index (χ1) is 27.9. The van der Waals surface area contributed by atoms with E-state index < -0.39 is 0 Å². The minimum atomic E-state index is 0.0201. The number of hydrogen-bond acceptors (Lipinski definition) is 1. The van der Waals surface area contributed by atoms with Crippen molar-refractivity contribution in [2.75, 3.05) is 0 Å². The predicted octanol–water partition coefficient (Wildman–Crippen LogP) is 8.11. The third-order valence-electron chi connectivity index (χ3n) is 13.6. The SMILES string of the molecule is Cc1cc2c3c(c1)B(c1c(C)cccc1C)c1c4ccccc4n4c5cc6c(cc5n5c7ccccc7c(c5n-3c14)B2c1c(C)cccc1C)oc1ccccc16. The van der Waals surface area contributed by atoms with Crippen molar-refractivity contribution in [2.24, 2.45) is 0 Å². The van der Waals surface area contributed by atoms with E-state index in [-0.39, 0.29) is 13.4 Å². The third kappa shape index (κ3) is 3.81. The Balaban J connectivity index is 1.41. The van der Waals surface area contributed by atoms with Crippen molar-refractivity contribution in [3.05, 3.63) is 161 Å². The van der Waals surface area contributed by atoms with Gasteiger partial charge in [0.05, 0.1) is 22.1 Å². The van der Waals surface area contributed by atoms with Gasteiger partial charge in [-0.3, -0.25) is 13.4 Å². The molecule has 0 saturated heterocycles. The maximum Gasteiger partial charge on any atom is 0.250 e. The van der Waals surface area contributed by atoms with Crippen molar-refractivity contribution < 1.29 is 4.42 Å². The molecule has 7 aromatic carbocycles. The summed E-state index contributed by atoms with van der Waals surface area (Å²) < 4.78 is 14.6. The fourth-order valence-corrected chi connectivity index (χ4v) is 11.4. The number of rotatable bonds is 2. The van der Waals surface area contributed by atoms with E-state index in [0.29, 0.717) is 0 Å². The van der Waals surface area contributed by atoms with Crippen molar-refractivity contribution in [3.63, 3.8) is 0 Å². The average Bonchev–Trinajstić information content (AvgIpc) is 3.83. The van der Waals surface area contributed by atoms with Crippen LogP contribution < -0.4 is 32.8 Å². The fourth-order valence-electron chi connectivity index (χ4n) is 11.4. The lowest BCUT2D eigenvalue weighted by Crippen LogP contribution is -2.64. The summed E-state index contributed by atoms with van der Waals surface area (Å²) in [6.45, 7) is 11.6. The lowest BCUT2D eigenvalue weighted by Gasteiger charge is -2.35. The van der Waals surface area contributed by atoms with E-state index in [1.807, 2.05) is 0 Å². The molecule has 0 radical (unpaired) electrons. The number of para-hydroxylation sites is 3. The Morgan fingerprint density at radius 3 is 1.42 bits per heavy atom. The molecule has 0 unspecified atom stereocenters. The van der Waals surface area contributed by atoms with Crippen LogP contribution >= 0.6 is 0 Å². The first-order valence-electron chi connectivity index (χ1n) is 20.2. The highest BCUT2D eigenvalue weighted by atomic mass is 16.3. The average molecular weight is 730 g/mol. The summed E-state index contributed by atoms with van der Waals surface area (Å²) in [7, 11) is 0. The Kier molecular flexibility index (Phi) is 5.98. The van der Waals surface area contributed by atoms with Gasteiger partial charge in [-0.25, -0.2) is 0 Å². The topological polar surface area (TPSA) is 26.9 Å². The Bertz CT molecular complexity index is 3610. The lowest BCUT2D eigenvalue weighted by molar-refractivity contribution is 0.669. The van der Waals surface area contributed by atoms with Crippen molar-refractivity contribution in [3.8, 4) is 5.69 Å². The van der Waals surface area contributed by atoms with Crippen LogP contribution in [0.1, 0.15) is 27.8 Å². The maximum atomic E-state index is 6.71. The van der Waals surface area contributed by atoms with E-state index in [1.165, 1.54) is 99.4 Å². The van der Waals surface area contributed by atoms with Gasteiger partial charge in [0, 0.05) is 22.5 Å². The van der Waals surface area contributed by atoms with Crippen molar-refractivity contribution in [1.29, 1.82) is 0 Å². The van der Waals surface area contributed by atoms with Crippen LogP contribution in [-0.4, -0.2) is 26.8 Å². The quantitative estimate of drug-likeness (QED) is 0.165. The van der Waals surface area contributed by atoms with E-state index in [1.54, 1.807) is 0 Å². The Hall–Kier alpha value is -6.65. The summed E-state index contributed by atoms with van der Waals surface area (Å²) in [6.07, 6.45) is 0. The van der Waals surface area contributed by atoms with E-state index in [0.717, 1.165) is 33.0 Å². The number of aromatic nitrogens is 3. The van der Waals surface area contributed by atoms with Gasteiger partial charge in [-0.05, 0) is 91.5 Å². The van der Waals surface area contributed by atoms with Crippen LogP contribution in [0.5, 0.6) is 0 Å². The fraction of sp³-hybridized carbons (Fsp3) is 0.0980. The molecular weight excluding hydrogens is 692 g/mol. The number of benzene rings is 7. The second kappa shape index (κ2) is 10.8. The molecule has 0 aliphatic carbocycles. The number of furan rings is 1. The van der Waals surface area contributed by atoms with E-state index in [9.17, 15) is 0 Å². The van der Waals surface area contributed by atoms with Gasteiger partial charge >= 0.3 is 0 Å². The second-order valence-corrected chi connectivity index (χ2v) is 16.7. The Morgan fingerprint density at radius 2 is 0.877 bits per heavy atom. The summed E-state index contributed by atoms with van der Waals surface area (Å²) >= 11 is 0. The number of aryl methyl sites for hydroxylation is 5.